The monoisotopic (exact) mass is 225 g/mol. The Hall–Kier alpha value is -1.87. The average Bonchev–Trinajstić information content (AvgIpc) is 2.72. The van der Waals surface area contributed by atoms with Crippen LogP contribution < -0.4 is 0 Å². The minimum atomic E-state index is 0.925. The van der Waals surface area contributed by atoms with Crippen LogP contribution in [0.15, 0.2) is 36.7 Å². The number of hydrogen-bond acceptors (Lipinski definition) is 2. The van der Waals surface area contributed by atoms with Crippen LogP contribution in [-0.2, 0) is 6.54 Å². The summed E-state index contributed by atoms with van der Waals surface area (Å²) in [5, 5.41) is 2.45. The van der Waals surface area contributed by atoms with Gasteiger partial charge in [0, 0.05) is 29.7 Å². The average molecular weight is 225 g/mol. The van der Waals surface area contributed by atoms with Crippen LogP contribution in [0.2, 0.25) is 0 Å². The maximum absolute atomic E-state index is 4.54. The number of nitrogens with zero attached hydrogens (tertiary/aromatic N) is 2. The van der Waals surface area contributed by atoms with Crippen LogP contribution in [0.3, 0.4) is 0 Å². The summed E-state index contributed by atoms with van der Waals surface area (Å²) in [6, 6.07) is 8.43. The van der Waals surface area contributed by atoms with Gasteiger partial charge >= 0.3 is 0 Å². The lowest BCUT2D eigenvalue weighted by Crippen LogP contribution is -2.09. The van der Waals surface area contributed by atoms with E-state index in [1.807, 2.05) is 18.5 Å². The van der Waals surface area contributed by atoms with E-state index in [1.54, 1.807) is 0 Å². The molecular weight excluding hydrogens is 210 g/mol. The molecule has 2 heterocycles. The van der Waals surface area contributed by atoms with E-state index in [9.17, 15) is 0 Å². The molecule has 3 nitrogen and oxygen atoms in total. The molecule has 0 atom stereocenters. The quantitative estimate of drug-likeness (QED) is 0.727. The highest BCUT2D eigenvalue weighted by Gasteiger charge is 2.08. The SMILES string of the molecule is CN(C)Cc1cnc2c1ccc1ccc[nH]c12. The molecule has 3 rings (SSSR count). The molecule has 1 aromatic carbocycles. The molecule has 0 amide bonds. The first-order chi connectivity index (χ1) is 8.25. The molecule has 86 valence electrons. The molecule has 0 aliphatic heterocycles. The largest absolute Gasteiger partial charge is 0.359 e. The second-order valence-electron chi connectivity index (χ2n) is 4.62. The molecule has 17 heavy (non-hydrogen) atoms. The van der Waals surface area contributed by atoms with Gasteiger partial charge in [-0.25, -0.2) is 0 Å². The number of aromatic amines is 1. The first-order valence-electron chi connectivity index (χ1n) is 5.74. The third-order valence-electron chi connectivity index (χ3n) is 2.99. The van der Waals surface area contributed by atoms with E-state index < -0.39 is 0 Å². The minimum Gasteiger partial charge on any atom is -0.359 e. The molecule has 0 spiro atoms. The summed E-state index contributed by atoms with van der Waals surface area (Å²) >= 11 is 0. The molecular formula is C14H15N3. The first-order valence-corrected chi connectivity index (χ1v) is 5.74. The van der Waals surface area contributed by atoms with Crippen molar-refractivity contribution in [2.45, 2.75) is 6.54 Å². The maximum Gasteiger partial charge on any atom is 0.0946 e. The molecule has 0 saturated heterocycles. The molecule has 0 fully saturated rings. The minimum absolute atomic E-state index is 0.925. The molecule has 0 aliphatic rings. The third-order valence-corrected chi connectivity index (χ3v) is 2.99. The summed E-state index contributed by atoms with van der Waals surface area (Å²) in [6.45, 7) is 0.925. The lowest BCUT2D eigenvalue weighted by atomic mass is 10.1. The van der Waals surface area contributed by atoms with Gasteiger partial charge < -0.3 is 9.88 Å². The van der Waals surface area contributed by atoms with Crippen molar-refractivity contribution in [3.05, 3.63) is 42.2 Å². The highest BCUT2D eigenvalue weighted by molar-refractivity contribution is 6.04. The van der Waals surface area contributed by atoms with Crippen LogP contribution in [-0.4, -0.2) is 29.0 Å². The van der Waals surface area contributed by atoms with Crippen molar-refractivity contribution in [3.63, 3.8) is 0 Å². The normalized spacial score (nSPS) is 11.7. The Morgan fingerprint density at radius 3 is 2.94 bits per heavy atom. The lowest BCUT2D eigenvalue weighted by Gasteiger charge is -2.08. The topological polar surface area (TPSA) is 31.9 Å². The molecule has 3 heteroatoms. The van der Waals surface area contributed by atoms with Gasteiger partial charge in [0.15, 0.2) is 0 Å². The van der Waals surface area contributed by atoms with Gasteiger partial charge in [-0.3, -0.25) is 4.98 Å². The highest BCUT2D eigenvalue weighted by atomic mass is 15.0. The van der Waals surface area contributed by atoms with Crippen molar-refractivity contribution in [3.8, 4) is 0 Å². The first kappa shape index (κ1) is 10.3. The van der Waals surface area contributed by atoms with Crippen molar-refractivity contribution in [2.24, 2.45) is 0 Å². The summed E-state index contributed by atoms with van der Waals surface area (Å²) in [5.41, 5.74) is 3.47. The fraction of sp³-hybridized carbons (Fsp3) is 0.214. The van der Waals surface area contributed by atoms with Gasteiger partial charge in [-0.15, -0.1) is 0 Å². The second-order valence-corrected chi connectivity index (χ2v) is 4.62. The molecule has 1 N–H and O–H groups in total. The molecule has 0 unspecified atom stereocenters. The third kappa shape index (κ3) is 1.68. The number of aromatic nitrogens is 2. The van der Waals surface area contributed by atoms with Crippen LogP contribution in [0.25, 0.3) is 21.8 Å². The summed E-state index contributed by atoms with van der Waals surface area (Å²) < 4.78 is 0. The molecule has 0 radical (unpaired) electrons. The Balaban J connectivity index is 2.27. The number of nitrogens with one attached hydrogen (secondary N) is 1. The van der Waals surface area contributed by atoms with Gasteiger partial charge in [0.2, 0.25) is 0 Å². The maximum atomic E-state index is 4.54. The van der Waals surface area contributed by atoms with Crippen molar-refractivity contribution < 1.29 is 0 Å². The van der Waals surface area contributed by atoms with E-state index in [-0.39, 0.29) is 0 Å². The van der Waals surface area contributed by atoms with E-state index in [4.69, 9.17) is 0 Å². The van der Waals surface area contributed by atoms with Crippen molar-refractivity contribution >= 4 is 21.8 Å². The standard InChI is InChI=1S/C14H15N3/c1-17(2)9-11-8-16-14-12(11)6-5-10-4-3-7-15-13(10)14/h3-8,15H,9H2,1-2H3. The second kappa shape index (κ2) is 3.86. The van der Waals surface area contributed by atoms with E-state index in [1.165, 1.54) is 16.3 Å². The molecule has 0 bridgehead atoms. The van der Waals surface area contributed by atoms with Crippen LogP contribution >= 0.6 is 0 Å². The molecule has 0 saturated carbocycles. The number of rotatable bonds is 2. The van der Waals surface area contributed by atoms with Crippen LogP contribution in [0, 0.1) is 0 Å². The van der Waals surface area contributed by atoms with Gasteiger partial charge in [0.05, 0.1) is 11.0 Å². The van der Waals surface area contributed by atoms with Gasteiger partial charge in [-0.2, -0.15) is 0 Å². The van der Waals surface area contributed by atoms with Gasteiger partial charge in [-0.1, -0.05) is 18.2 Å². The summed E-state index contributed by atoms with van der Waals surface area (Å²) in [7, 11) is 4.15. The van der Waals surface area contributed by atoms with Crippen molar-refractivity contribution in [1.82, 2.24) is 14.9 Å². The number of fused-ring (bicyclic) bond motifs is 3. The van der Waals surface area contributed by atoms with E-state index in [0.29, 0.717) is 0 Å². The van der Waals surface area contributed by atoms with Crippen LogP contribution in [0.1, 0.15) is 5.56 Å². The summed E-state index contributed by atoms with van der Waals surface area (Å²) in [4.78, 5) is 9.99. The van der Waals surface area contributed by atoms with Crippen LogP contribution in [0.4, 0.5) is 0 Å². The van der Waals surface area contributed by atoms with Gasteiger partial charge in [-0.05, 0) is 25.7 Å². The molecule has 3 aromatic rings. The van der Waals surface area contributed by atoms with Gasteiger partial charge in [0.25, 0.3) is 0 Å². The predicted octanol–water partition coefficient (Wildman–Crippen LogP) is 2.78. The molecule has 0 aliphatic carbocycles. The van der Waals surface area contributed by atoms with Crippen molar-refractivity contribution in [2.75, 3.05) is 14.1 Å². The number of pyridine rings is 1. The Bertz CT molecular complexity index is 667. The predicted molar refractivity (Wildman–Crippen MR) is 71.0 cm³/mol. The number of benzene rings is 1. The number of H-pyrrole nitrogens is 1. The van der Waals surface area contributed by atoms with Gasteiger partial charge in [0.1, 0.15) is 0 Å². The zero-order chi connectivity index (χ0) is 11.8. The number of hydrogen-bond donors (Lipinski definition) is 1. The molecule has 2 aromatic heterocycles. The zero-order valence-corrected chi connectivity index (χ0v) is 10.1. The van der Waals surface area contributed by atoms with E-state index >= 15 is 0 Å². The lowest BCUT2D eigenvalue weighted by molar-refractivity contribution is 0.404. The summed E-state index contributed by atoms with van der Waals surface area (Å²) in [5.74, 6) is 0. The fourth-order valence-corrected chi connectivity index (χ4v) is 2.25. The van der Waals surface area contributed by atoms with Crippen molar-refractivity contribution in [1.29, 1.82) is 0 Å². The Labute approximate surface area is 100 Å². The van der Waals surface area contributed by atoms with E-state index in [0.717, 1.165) is 17.6 Å². The summed E-state index contributed by atoms with van der Waals surface area (Å²) in [6.07, 6.45) is 3.92. The van der Waals surface area contributed by atoms with Crippen LogP contribution in [0.5, 0.6) is 0 Å². The Morgan fingerprint density at radius 2 is 2.12 bits per heavy atom. The fourth-order valence-electron chi connectivity index (χ4n) is 2.25. The highest BCUT2D eigenvalue weighted by Crippen LogP contribution is 2.25. The zero-order valence-electron chi connectivity index (χ0n) is 10.1. The smallest absolute Gasteiger partial charge is 0.0946 e. The van der Waals surface area contributed by atoms with E-state index in [2.05, 4.69) is 47.2 Å². The Morgan fingerprint density at radius 1 is 1.24 bits per heavy atom. The Kier molecular flexibility index (Phi) is 2.34.